The van der Waals surface area contributed by atoms with Gasteiger partial charge in [-0.1, -0.05) is 30.3 Å². The summed E-state index contributed by atoms with van der Waals surface area (Å²) in [7, 11) is 1.58. The fraction of sp³-hybridized carbons (Fsp3) is 0.185. The van der Waals surface area contributed by atoms with Crippen LogP contribution in [0, 0.1) is 0 Å². The molecule has 0 radical (unpaired) electrons. The Balaban J connectivity index is 1.30. The summed E-state index contributed by atoms with van der Waals surface area (Å²) in [4.78, 5) is 27.6. The Bertz CT molecular complexity index is 1340. The number of amides is 2. The van der Waals surface area contributed by atoms with Crippen molar-refractivity contribution in [3.63, 3.8) is 0 Å². The number of ether oxygens (including phenoxy) is 4. The summed E-state index contributed by atoms with van der Waals surface area (Å²) in [5.74, 6) is 1.85. The van der Waals surface area contributed by atoms with E-state index in [2.05, 4.69) is 21.2 Å². The van der Waals surface area contributed by atoms with Crippen LogP contribution in [0.2, 0.25) is 0 Å². The third-order valence-corrected chi connectivity index (χ3v) is 6.32. The largest absolute Gasteiger partial charge is 0.496 e. The van der Waals surface area contributed by atoms with E-state index in [0.29, 0.717) is 35.3 Å². The zero-order valence-corrected chi connectivity index (χ0v) is 21.0. The van der Waals surface area contributed by atoms with E-state index in [-0.39, 0.29) is 30.9 Å². The Morgan fingerprint density at radius 3 is 2.64 bits per heavy atom. The highest BCUT2D eigenvalue weighted by Crippen LogP contribution is 2.36. The summed E-state index contributed by atoms with van der Waals surface area (Å²) in [6.45, 7) is 0.393. The molecule has 3 aromatic rings. The Morgan fingerprint density at radius 2 is 1.86 bits per heavy atom. The molecule has 2 amide bonds. The highest BCUT2D eigenvalue weighted by atomic mass is 79.9. The molecule has 0 unspecified atom stereocenters. The molecule has 0 fully saturated rings. The molecule has 184 valence electrons. The summed E-state index contributed by atoms with van der Waals surface area (Å²) in [6, 6.07) is 19.9. The minimum atomic E-state index is -0.415. The lowest BCUT2D eigenvalue weighted by Gasteiger charge is -2.30. The van der Waals surface area contributed by atoms with Gasteiger partial charge in [0, 0.05) is 0 Å². The molecule has 2 heterocycles. The van der Waals surface area contributed by atoms with Gasteiger partial charge in [0.05, 0.1) is 23.8 Å². The Kier molecular flexibility index (Phi) is 6.81. The summed E-state index contributed by atoms with van der Waals surface area (Å²) in [5, 5.41) is 2.85. The van der Waals surface area contributed by atoms with Crippen molar-refractivity contribution in [3.8, 4) is 23.0 Å². The molecule has 0 bridgehead atoms. The van der Waals surface area contributed by atoms with Crippen molar-refractivity contribution in [1.82, 2.24) is 5.32 Å². The number of methoxy groups -OCH3 is 1. The molecule has 2 aliphatic heterocycles. The van der Waals surface area contributed by atoms with Gasteiger partial charge in [0.25, 0.3) is 5.91 Å². The molecular formula is C27H23BrN2O6. The van der Waals surface area contributed by atoms with Gasteiger partial charge in [0.2, 0.25) is 5.91 Å². The molecule has 0 aliphatic carbocycles. The van der Waals surface area contributed by atoms with Crippen LogP contribution in [0.25, 0.3) is 6.08 Å². The molecule has 8 nitrogen and oxygen atoms in total. The van der Waals surface area contributed by atoms with E-state index in [0.717, 1.165) is 10.0 Å². The number of carbonyl (C=O) groups is 2. The van der Waals surface area contributed by atoms with E-state index in [1.54, 1.807) is 37.5 Å². The van der Waals surface area contributed by atoms with Crippen LogP contribution in [0.4, 0.5) is 5.69 Å². The second kappa shape index (κ2) is 10.3. The first-order valence-electron chi connectivity index (χ1n) is 11.3. The van der Waals surface area contributed by atoms with Gasteiger partial charge in [0.1, 0.15) is 25.0 Å². The number of para-hydroxylation sites is 4. The fourth-order valence-corrected chi connectivity index (χ4v) is 4.49. The second-order valence-corrected chi connectivity index (χ2v) is 9.02. The predicted octanol–water partition coefficient (Wildman–Crippen LogP) is 4.18. The van der Waals surface area contributed by atoms with Gasteiger partial charge in [-0.3, -0.25) is 14.5 Å². The van der Waals surface area contributed by atoms with Crippen LogP contribution in [-0.4, -0.2) is 44.7 Å². The number of nitrogens with one attached hydrogen (secondary N) is 1. The lowest BCUT2D eigenvalue weighted by molar-refractivity contribution is -0.123. The maximum Gasteiger partial charge on any atom is 0.294 e. The zero-order valence-electron chi connectivity index (χ0n) is 19.4. The fourth-order valence-electron chi connectivity index (χ4n) is 3.93. The molecule has 0 aromatic heterocycles. The molecule has 1 atom stereocenters. The summed E-state index contributed by atoms with van der Waals surface area (Å²) in [5.41, 5.74) is 1.27. The van der Waals surface area contributed by atoms with Crippen molar-refractivity contribution in [2.75, 3.05) is 31.7 Å². The van der Waals surface area contributed by atoms with E-state index in [9.17, 15) is 9.59 Å². The van der Waals surface area contributed by atoms with Crippen LogP contribution in [0.5, 0.6) is 23.0 Å². The standard InChI is InChI=1S/C27H23BrN2O6/c1-33-21-11-10-17(12-19(21)28)13-25-27(32)30(20-6-2-3-7-22(20)36-25)15-26(31)29-14-18-16-34-23-8-4-5-9-24(23)35-18/h2-13,18H,14-16H2,1H3,(H,29,31)/b25-13-/t18-/m0/s1. The minimum Gasteiger partial charge on any atom is -0.496 e. The van der Waals surface area contributed by atoms with Crippen molar-refractivity contribution in [2.45, 2.75) is 6.10 Å². The van der Waals surface area contributed by atoms with Crippen LogP contribution < -0.4 is 29.2 Å². The van der Waals surface area contributed by atoms with Gasteiger partial charge < -0.3 is 24.3 Å². The number of fused-ring (bicyclic) bond motifs is 2. The first kappa shape index (κ1) is 23.7. The van der Waals surface area contributed by atoms with Gasteiger partial charge in [-0.25, -0.2) is 0 Å². The van der Waals surface area contributed by atoms with Crippen molar-refractivity contribution >= 4 is 39.5 Å². The second-order valence-electron chi connectivity index (χ2n) is 8.17. The predicted molar refractivity (Wildman–Crippen MR) is 137 cm³/mol. The molecule has 0 saturated heterocycles. The minimum absolute atomic E-state index is 0.110. The highest BCUT2D eigenvalue weighted by Gasteiger charge is 2.32. The summed E-state index contributed by atoms with van der Waals surface area (Å²) in [6.07, 6.45) is 1.30. The van der Waals surface area contributed by atoms with Crippen molar-refractivity contribution in [1.29, 1.82) is 0 Å². The number of hydrogen-bond donors (Lipinski definition) is 1. The number of hydrogen-bond acceptors (Lipinski definition) is 6. The van der Waals surface area contributed by atoms with Crippen molar-refractivity contribution in [2.24, 2.45) is 0 Å². The van der Waals surface area contributed by atoms with Crippen LogP contribution >= 0.6 is 15.9 Å². The lowest BCUT2D eigenvalue weighted by Crippen LogP contribution is -2.47. The Hall–Kier alpha value is -3.98. The number of rotatable bonds is 6. The quantitative estimate of drug-likeness (QED) is 0.463. The van der Waals surface area contributed by atoms with Crippen LogP contribution in [0.15, 0.2) is 77.0 Å². The van der Waals surface area contributed by atoms with E-state index in [1.807, 2.05) is 42.5 Å². The molecule has 9 heteroatoms. The zero-order chi connectivity index (χ0) is 25.1. The van der Waals surface area contributed by atoms with E-state index < -0.39 is 5.91 Å². The molecule has 36 heavy (non-hydrogen) atoms. The van der Waals surface area contributed by atoms with Gasteiger partial charge in [-0.05, 0) is 64.0 Å². The molecule has 2 aliphatic rings. The van der Waals surface area contributed by atoms with E-state index in [1.165, 1.54) is 4.90 Å². The maximum atomic E-state index is 13.4. The molecular weight excluding hydrogens is 528 g/mol. The normalized spacial score (nSPS) is 17.3. The smallest absolute Gasteiger partial charge is 0.294 e. The van der Waals surface area contributed by atoms with Gasteiger partial charge in [-0.15, -0.1) is 0 Å². The number of nitrogens with zero attached hydrogens (tertiary/aromatic N) is 1. The SMILES string of the molecule is COc1ccc(/C=C2\Oc3ccccc3N(CC(=O)NC[C@H]3COc4ccccc4O3)C2=O)cc1Br. The van der Waals surface area contributed by atoms with Crippen LogP contribution in [-0.2, 0) is 9.59 Å². The molecule has 3 aromatic carbocycles. The Labute approximate surface area is 216 Å². The number of benzene rings is 3. The van der Waals surface area contributed by atoms with Crippen LogP contribution in [0.3, 0.4) is 0 Å². The first-order valence-corrected chi connectivity index (χ1v) is 12.1. The first-order chi connectivity index (χ1) is 17.5. The lowest BCUT2D eigenvalue weighted by atomic mass is 10.1. The third kappa shape index (κ3) is 5.01. The molecule has 1 N–H and O–H groups in total. The molecule has 0 spiro atoms. The van der Waals surface area contributed by atoms with Crippen molar-refractivity contribution in [3.05, 3.63) is 82.5 Å². The Morgan fingerprint density at radius 1 is 1.11 bits per heavy atom. The van der Waals surface area contributed by atoms with E-state index >= 15 is 0 Å². The molecule has 0 saturated carbocycles. The highest BCUT2D eigenvalue weighted by molar-refractivity contribution is 9.10. The van der Waals surface area contributed by atoms with Gasteiger partial charge >= 0.3 is 0 Å². The van der Waals surface area contributed by atoms with E-state index in [4.69, 9.17) is 18.9 Å². The topological polar surface area (TPSA) is 86.3 Å². The average molecular weight is 551 g/mol. The third-order valence-electron chi connectivity index (χ3n) is 5.70. The van der Waals surface area contributed by atoms with Gasteiger partial charge in [-0.2, -0.15) is 0 Å². The number of anilines is 1. The summed E-state index contributed by atoms with van der Waals surface area (Å²) < 4.78 is 23.5. The summed E-state index contributed by atoms with van der Waals surface area (Å²) >= 11 is 3.45. The van der Waals surface area contributed by atoms with Gasteiger partial charge in [0.15, 0.2) is 23.0 Å². The molecule has 5 rings (SSSR count). The van der Waals surface area contributed by atoms with Crippen molar-refractivity contribution < 1.29 is 28.5 Å². The average Bonchev–Trinajstić information content (AvgIpc) is 2.90. The number of halogens is 1. The monoisotopic (exact) mass is 550 g/mol. The maximum absolute atomic E-state index is 13.4. The van der Waals surface area contributed by atoms with Crippen LogP contribution in [0.1, 0.15) is 5.56 Å². The number of carbonyl (C=O) groups excluding carboxylic acids is 2.